The molecular formula is C12H12ClFO4S. The Kier molecular flexibility index (Phi) is 3.57. The summed E-state index contributed by atoms with van der Waals surface area (Å²) >= 11 is 5.79. The molecule has 2 rings (SSSR count). The summed E-state index contributed by atoms with van der Waals surface area (Å²) < 4.78 is 36.4. The molecule has 1 N–H and O–H groups in total. The minimum atomic E-state index is -3.36. The van der Waals surface area contributed by atoms with Crippen LogP contribution < -0.4 is 0 Å². The van der Waals surface area contributed by atoms with Crippen LogP contribution in [0.2, 0.25) is 5.02 Å². The van der Waals surface area contributed by atoms with Crippen LogP contribution in [0.25, 0.3) is 0 Å². The summed E-state index contributed by atoms with van der Waals surface area (Å²) in [4.78, 5) is 11.4. The molecule has 0 aliphatic carbocycles. The first-order valence-electron chi connectivity index (χ1n) is 5.62. The van der Waals surface area contributed by atoms with Gasteiger partial charge in [-0.1, -0.05) is 23.7 Å². The highest BCUT2D eigenvalue weighted by Crippen LogP contribution is 2.38. The van der Waals surface area contributed by atoms with Crippen LogP contribution in [0.1, 0.15) is 12.0 Å². The Bertz CT molecular complexity index is 629. The Hall–Kier alpha value is -1.14. The van der Waals surface area contributed by atoms with Gasteiger partial charge in [0.1, 0.15) is 5.82 Å². The molecule has 7 heteroatoms. The van der Waals surface area contributed by atoms with Crippen LogP contribution in [0.15, 0.2) is 18.2 Å². The zero-order valence-corrected chi connectivity index (χ0v) is 11.5. The zero-order chi connectivity index (χ0) is 14.3. The van der Waals surface area contributed by atoms with Gasteiger partial charge >= 0.3 is 5.97 Å². The molecule has 4 nitrogen and oxygen atoms in total. The predicted octanol–water partition coefficient (Wildman–Crippen LogP) is 1.91. The zero-order valence-electron chi connectivity index (χ0n) is 9.90. The van der Waals surface area contributed by atoms with E-state index in [4.69, 9.17) is 11.6 Å². The summed E-state index contributed by atoms with van der Waals surface area (Å²) in [5.41, 5.74) is -1.09. The number of hydrogen-bond donors (Lipinski definition) is 1. The second kappa shape index (κ2) is 4.76. The largest absolute Gasteiger partial charge is 0.481 e. The molecule has 104 valence electrons. The maximum atomic E-state index is 13.3. The molecule has 1 aliphatic heterocycles. The van der Waals surface area contributed by atoms with Gasteiger partial charge in [0.05, 0.1) is 21.9 Å². The molecule has 1 fully saturated rings. The van der Waals surface area contributed by atoms with Crippen LogP contribution in [-0.4, -0.2) is 31.0 Å². The Morgan fingerprint density at radius 3 is 2.68 bits per heavy atom. The topological polar surface area (TPSA) is 71.4 Å². The molecule has 0 radical (unpaired) electrons. The molecule has 0 saturated carbocycles. The molecule has 1 aromatic carbocycles. The molecule has 1 atom stereocenters. The van der Waals surface area contributed by atoms with Gasteiger partial charge in [0, 0.05) is 0 Å². The highest BCUT2D eigenvalue weighted by atomic mass is 35.5. The predicted molar refractivity (Wildman–Crippen MR) is 68.5 cm³/mol. The Morgan fingerprint density at radius 1 is 1.47 bits per heavy atom. The number of aliphatic carboxylic acids is 1. The van der Waals surface area contributed by atoms with Crippen molar-refractivity contribution in [2.45, 2.75) is 12.8 Å². The first kappa shape index (κ1) is 14.3. The van der Waals surface area contributed by atoms with E-state index in [-0.39, 0.29) is 23.6 Å². The Labute approximate surface area is 115 Å². The van der Waals surface area contributed by atoms with Crippen LogP contribution >= 0.6 is 11.6 Å². The summed E-state index contributed by atoms with van der Waals surface area (Å²) in [6.07, 6.45) is -0.0599. The molecule has 1 heterocycles. The fraction of sp³-hybridized carbons (Fsp3) is 0.417. The Morgan fingerprint density at radius 2 is 2.16 bits per heavy atom. The second-order valence-corrected chi connectivity index (χ2v) is 7.38. The number of carbonyl (C=O) groups is 1. The summed E-state index contributed by atoms with van der Waals surface area (Å²) in [5.74, 6) is -2.41. The highest BCUT2D eigenvalue weighted by Gasteiger charge is 2.48. The molecule has 1 aromatic rings. The molecule has 0 amide bonds. The van der Waals surface area contributed by atoms with E-state index in [2.05, 4.69) is 0 Å². The molecule has 0 aromatic heterocycles. The van der Waals surface area contributed by atoms with Gasteiger partial charge in [-0.25, -0.2) is 12.8 Å². The van der Waals surface area contributed by atoms with Gasteiger partial charge < -0.3 is 5.11 Å². The van der Waals surface area contributed by atoms with Crippen LogP contribution in [0.5, 0.6) is 0 Å². The van der Waals surface area contributed by atoms with E-state index in [0.29, 0.717) is 5.56 Å². The van der Waals surface area contributed by atoms with Gasteiger partial charge in [0.2, 0.25) is 0 Å². The molecule has 1 saturated heterocycles. The molecule has 0 bridgehead atoms. The minimum absolute atomic E-state index is 0.0253. The van der Waals surface area contributed by atoms with Crippen LogP contribution in [0, 0.1) is 11.2 Å². The van der Waals surface area contributed by atoms with E-state index in [0.717, 1.165) is 0 Å². The number of rotatable bonds is 3. The van der Waals surface area contributed by atoms with Gasteiger partial charge in [0.25, 0.3) is 0 Å². The number of halogens is 2. The first-order valence-corrected chi connectivity index (χ1v) is 7.82. The molecule has 0 spiro atoms. The second-order valence-electron chi connectivity index (χ2n) is 4.82. The monoisotopic (exact) mass is 306 g/mol. The summed E-state index contributed by atoms with van der Waals surface area (Å²) in [5, 5.41) is 9.17. The van der Waals surface area contributed by atoms with Crippen molar-refractivity contribution in [2.75, 3.05) is 11.5 Å². The lowest BCUT2D eigenvalue weighted by molar-refractivity contribution is -0.147. The maximum absolute atomic E-state index is 13.3. The van der Waals surface area contributed by atoms with Gasteiger partial charge in [-0.15, -0.1) is 0 Å². The standard InChI is InChI=1S/C12H12ClFO4S/c13-10-8(2-1-3-9(10)14)6-12(11(15)16)4-5-19(17,18)7-12/h1-3H,4-7H2,(H,15,16). The molecular weight excluding hydrogens is 295 g/mol. The van der Waals surface area contributed by atoms with Crippen LogP contribution in [0.4, 0.5) is 4.39 Å². The van der Waals surface area contributed by atoms with Gasteiger partial charge in [0.15, 0.2) is 9.84 Å². The van der Waals surface area contributed by atoms with Crippen LogP contribution in [0.3, 0.4) is 0 Å². The van der Waals surface area contributed by atoms with Crippen molar-refractivity contribution >= 4 is 27.4 Å². The normalized spacial score (nSPS) is 25.4. The van der Waals surface area contributed by atoms with Gasteiger partial charge in [-0.2, -0.15) is 0 Å². The number of benzene rings is 1. The summed E-state index contributed by atoms with van der Waals surface area (Å²) in [6.45, 7) is 0. The lowest BCUT2D eigenvalue weighted by Crippen LogP contribution is -2.34. The van der Waals surface area contributed by atoms with Crippen molar-refractivity contribution in [3.63, 3.8) is 0 Å². The van der Waals surface area contributed by atoms with E-state index in [1.165, 1.54) is 18.2 Å². The number of carboxylic acid groups (broad SMARTS) is 1. The van der Waals surface area contributed by atoms with E-state index >= 15 is 0 Å². The number of sulfone groups is 1. The molecule has 19 heavy (non-hydrogen) atoms. The van der Waals surface area contributed by atoms with Crippen molar-refractivity contribution in [3.8, 4) is 0 Å². The molecule has 1 unspecified atom stereocenters. The van der Waals surface area contributed by atoms with E-state index in [9.17, 15) is 22.7 Å². The number of hydrogen-bond acceptors (Lipinski definition) is 3. The fourth-order valence-electron chi connectivity index (χ4n) is 2.35. The first-order chi connectivity index (χ1) is 8.76. The maximum Gasteiger partial charge on any atom is 0.311 e. The van der Waals surface area contributed by atoms with E-state index < -0.39 is 32.8 Å². The Balaban J connectivity index is 2.38. The SMILES string of the molecule is O=C(O)C1(Cc2cccc(F)c2Cl)CCS(=O)(=O)C1. The summed E-state index contributed by atoms with van der Waals surface area (Å²) in [7, 11) is -3.36. The van der Waals surface area contributed by atoms with Crippen LogP contribution in [-0.2, 0) is 21.1 Å². The minimum Gasteiger partial charge on any atom is -0.481 e. The van der Waals surface area contributed by atoms with Gasteiger partial charge in [-0.3, -0.25) is 4.79 Å². The highest BCUT2D eigenvalue weighted by molar-refractivity contribution is 7.91. The van der Waals surface area contributed by atoms with E-state index in [1.807, 2.05) is 0 Å². The van der Waals surface area contributed by atoms with E-state index in [1.54, 1.807) is 0 Å². The van der Waals surface area contributed by atoms with Crippen molar-refractivity contribution < 1.29 is 22.7 Å². The third-order valence-electron chi connectivity index (χ3n) is 3.40. The number of carboxylic acids is 1. The van der Waals surface area contributed by atoms with Crippen molar-refractivity contribution in [1.82, 2.24) is 0 Å². The summed E-state index contributed by atoms with van der Waals surface area (Å²) in [6, 6.07) is 4.11. The lowest BCUT2D eigenvalue weighted by Gasteiger charge is -2.22. The average Bonchev–Trinajstić information content (AvgIpc) is 2.62. The third-order valence-corrected chi connectivity index (χ3v) is 5.64. The fourth-order valence-corrected chi connectivity index (χ4v) is 4.60. The quantitative estimate of drug-likeness (QED) is 0.926. The van der Waals surface area contributed by atoms with Crippen molar-refractivity contribution in [1.29, 1.82) is 0 Å². The van der Waals surface area contributed by atoms with Crippen molar-refractivity contribution in [3.05, 3.63) is 34.6 Å². The smallest absolute Gasteiger partial charge is 0.311 e. The van der Waals surface area contributed by atoms with Gasteiger partial charge in [-0.05, 0) is 24.5 Å². The third kappa shape index (κ3) is 2.74. The lowest BCUT2D eigenvalue weighted by atomic mass is 9.81. The average molecular weight is 307 g/mol. The molecule has 1 aliphatic rings. The van der Waals surface area contributed by atoms with Crippen molar-refractivity contribution in [2.24, 2.45) is 5.41 Å².